The molecule has 5 nitrogen and oxygen atoms in total. The van der Waals surface area contributed by atoms with Crippen molar-refractivity contribution in [2.24, 2.45) is 5.92 Å². The Morgan fingerprint density at radius 3 is 2.47 bits per heavy atom. The highest BCUT2D eigenvalue weighted by Gasteiger charge is 2.21. The molecular formula is C14H21N3O2. The third kappa shape index (κ3) is 4.69. The Bertz CT molecular complexity index is 441. The lowest BCUT2D eigenvalue weighted by molar-refractivity contribution is -0.122. The molecule has 1 aromatic heterocycles. The molecule has 0 spiro atoms. The maximum absolute atomic E-state index is 12.0. The average molecular weight is 263 g/mol. The van der Waals surface area contributed by atoms with Crippen LogP contribution in [0.25, 0.3) is 0 Å². The number of likely N-dealkylation sites (N-methyl/N-ethyl adjacent to an activating group) is 1. The van der Waals surface area contributed by atoms with Crippen molar-refractivity contribution in [2.75, 3.05) is 7.05 Å². The molecule has 0 saturated heterocycles. The first-order chi connectivity index (χ1) is 8.93. The highest BCUT2D eigenvalue weighted by Crippen LogP contribution is 2.07. The van der Waals surface area contributed by atoms with Gasteiger partial charge in [-0.15, -0.1) is 0 Å². The average Bonchev–Trinajstić information content (AvgIpc) is 2.37. The van der Waals surface area contributed by atoms with Crippen molar-refractivity contribution in [3.05, 3.63) is 29.6 Å². The molecule has 0 radical (unpaired) electrons. The molecule has 1 rings (SSSR count). The highest BCUT2D eigenvalue weighted by atomic mass is 16.2. The van der Waals surface area contributed by atoms with Crippen LogP contribution in [0.5, 0.6) is 0 Å². The minimum atomic E-state index is -0.515. The summed E-state index contributed by atoms with van der Waals surface area (Å²) in [5.74, 6) is -0.136. The van der Waals surface area contributed by atoms with Crippen LogP contribution in [0.4, 0.5) is 0 Å². The van der Waals surface area contributed by atoms with Gasteiger partial charge in [-0.3, -0.25) is 14.6 Å². The first kappa shape index (κ1) is 15.1. The largest absolute Gasteiger partial charge is 0.357 e. The second-order valence-corrected chi connectivity index (χ2v) is 4.96. The number of carbonyl (C=O) groups is 2. The second-order valence-electron chi connectivity index (χ2n) is 4.96. The number of rotatable bonds is 5. The molecule has 0 unspecified atom stereocenters. The van der Waals surface area contributed by atoms with Gasteiger partial charge in [0.1, 0.15) is 6.04 Å². The summed E-state index contributed by atoms with van der Waals surface area (Å²) in [7, 11) is 1.56. The Hall–Kier alpha value is -1.91. The minimum absolute atomic E-state index is 0.179. The van der Waals surface area contributed by atoms with Gasteiger partial charge < -0.3 is 10.6 Å². The normalized spacial score (nSPS) is 12.1. The van der Waals surface area contributed by atoms with Crippen molar-refractivity contribution in [3.8, 4) is 0 Å². The van der Waals surface area contributed by atoms with Gasteiger partial charge in [0.25, 0.3) is 5.91 Å². The summed E-state index contributed by atoms with van der Waals surface area (Å²) < 4.78 is 0. The van der Waals surface area contributed by atoms with E-state index in [2.05, 4.69) is 15.6 Å². The van der Waals surface area contributed by atoms with Crippen molar-refractivity contribution in [1.82, 2.24) is 15.6 Å². The van der Waals surface area contributed by atoms with Crippen LogP contribution in [0.3, 0.4) is 0 Å². The Kier molecular flexibility index (Phi) is 5.48. The van der Waals surface area contributed by atoms with Crippen LogP contribution in [-0.2, 0) is 4.79 Å². The molecule has 0 aliphatic heterocycles. The molecule has 1 atom stereocenters. The number of aryl methyl sites for hydroxylation is 1. The molecule has 104 valence electrons. The number of pyridine rings is 1. The number of nitrogens with one attached hydrogen (secondary N) is 2. The standard InChI is InChI=1S/C14H21N3O2/c1-9(2)7-12(14(19)15-4)17-13(18)11-6-5-10(3)16-8-11/h5-6,8-9,12H,7H2,1-4H3,(H,15,19)(H,17,18)/t12-/m0/s1. The summed E-state index contributed by atoms with van der Waals surface area (Å²) >= 11 is 0. The Morgan fingerprint density at radius 2 is 2.00 bits per heavy atom. The number of hydrogen-bond donors (Lipinski definition) is 2. The summed E-state index contributed by atoms with van der Waals surface area (Å²) in [6.45, 7) is 5.87. The summed E-state index contributed by atoms with van der Waals surface area (Å²) in [4.78, 5) is 27.8. The van der Waals surface area contributed by atoms with Crippen LogP contribution in [0, 0.1) is 12.8 Å². The smallest absolute Gasteiger partial charge is 0.253 e. The van der Waals surface area contributed by atoms with Gasteiger partial charge in [-0.25, -0.2) is 0 Å². The topological polar surface area (TPSA) is 71.1 Å². The van der Waals surface area contributed by atoms with Crippen LogP contribution in [0.15, 0.2) is 18.3 Å². The van der Waals surface area contributed by atoms with Gasteiger partial charge in [-0.2, -0.15) is 0 Å². The molecule has 0 fully saturated rings. The lowest BCUT2D eigenvalue weighted by Gasteiger charge is -2.19. The molecule has 1 heterocycles. The summed E-state index contributed by atoms with van der Waals surface area (Å²) in [6, 6.07) is 2.96. The molecule has 2 amide bonds. The Labute approximate surface area is 113 Å². The molecule has 1 aromatic rings. The fourth-order valence-corrected chi connectivity index (χ4v) is 1.72. The number of amides is 2. The van der Waals surface area contributed by atoms with Gasteiger partial charge in [0.05, 0.1) is 5.56 Å². The van der Waals surface area contributed by atoms with E-state index in [0.29, 0.717) is 17.9 Å². The van der Waals surface area contributed by atoms with Crippen molar-refractivity contribution in [2.45, 2.75) is 33.2 Å². The van der Waals surface area contributed by atoms with Crippen LogP contribution in [-0.4, -0.2) is 29.9 Å². The van der Waals surface area contributed by atoms with Crippen molar-refractivity contribution >= 4 is 11.8 Å². The van der Waals surface area contributed by atoms with E-state index in [0.717, 1.165) is 5.69 Å². The van der Waals surface area contributed by atoms with Gasteiger partial charge in [0, 0.05) is 18.9 Å². The predicted octanol–water partition coefficient (Wildman–Crippen LogP) is 1.28. The second kappa shape index (κ2) is 6.87. The number of nitrogens with zero attached hydrogens (tertiary/aromatic N) is 1. The van der Waals surface area contributed by atoms with E-state index < -0.39 is 6.04 Å². The first-order valence-electron chi connectivity index (χ1n) is 6.39. The van der Waals surface area contributed by atoms with E-state index in [4.69, 9.17) is 0 Å². The van der Waals surface area contributed by atoms with E-state index in [1.54, 1.807) is 19.2 Å². The maximum atomic E-state index is 12.0. The molecule has 0 aromatic carbocycles. The molecule has 5 heteroatoms. The zero-order valence-corrected chi connectivity index (χ0v) is 11.9. The maximum Gasteiger partial charge on any atom is 0.253 e. The van der Waals surface area contributed by atoms with Crippen LogP contribution in [0.1, 0.15) is 36.3 Å². The number of hydrogen-bond acceptors (Lipinski definition) is 3. The monoisotopic (exact) mass is 263 g/mol. The van der Waals surface area contributed by atoms with Crippen LogP contribution in [0.2, 0.25) is 0 Å². The zero-order valence-electron chi connectivity index (χ0n) is 11.9. The molecule has 0 saturated carbocycles. The third-order valence-electron chi connectivity index (χ3n) is 2.75. The number of carbonyl (C=O) groups excluding carboxylic acids is 2. The molecule has 0 aliphatic carbocycles. The molecule has 0 bridgehead atoms. The lowest BCUT2D eigenvalue weighted by atomic mass is 10.0. The van der Waals surface area contributed by atoms with E-state index in [1.807, 2.05) is 20.8 Å². The SMILES string of the molecule is CNC(=O)[C@H](CC(C)C)NC(=O)c1ccc(C)nc1. The molecule has 0 aliphatic rings. The van der Waals surface area contributed by atoms with Crippen molar-refractivity contribution in [1.29, 1.82) is 0 Å². The van der Waals surface area contributed by atoms with Crippen LogP contribution < -0.4 is 10.6 Å². The first-order valence-corrected chi connectivity index (χ1v) is 6.39. The summed E-state index contributed by atoms with van der Waals surface area (Å²) in [5, 5.41) is 5.31. The third-order valence-corrected chi connectivity index (χ3v) is 2.75. The van der Waals surface area contributed by atoms with E-state index in [9.17, 15) is 9.59 Å². The molecular weight excluding hydrogens is 242 g/mol. The molecule has 2 N–H and O–H groups in total. The van der Waals surface area contributed by atoms with E-state index in [1.165, 1.54) is 6.20 Å². The van der Waals surface area contributed by atoms with Gasteiger partial charge >= 0.3 is 0 Å². The molecule has 19 heavy (non-hydrogen) atoms. The van der Waals surface area contributed by atoms with E-state index >= 15 is 0 Å². The quantitative estimate of drug-likeness (QED) is 0.840. The Morgan fingerprint density at radius 1 is 1.32 bits per heavy atom. The minimum Gasteiger partial charge on any atom is -0.357 e. The lowest BCUT2D eigenvalue weighted by Crippen LogP contribution is -2.46. The van der Waals surface area contributed by atoms with E-state index in [-0.39, 0.29) is 11.8 Å². The summed E-state index contributed by atoms with van der Waals surface area (Å²) in [6.07, 6.45) is 2.12. The van der Waals surface area contributed by atoms with Crippen LogP contribution >= 0.6 is 0 Å². The van der Waals surface area contributed by atoms with Gasteiger partial charge in [0.2, 0.25) is 5.91 Å². The van der Waals surface area contributed by atoms with Gasteiger partial charge in [-0.05, 0) is 31.4 Å². The van der Waals surface area contributed by atoms with Gasteiger partial charge in [-0.1, -0.05) is 13.8 Å². The highest BCUT2D eigenvalue weighted by molar-refractivity contribution is 5.97. The zero-order chi connectivity index (χ0) is 14.4. The number of aromatic nitrogens is 1. The van der Waals surface area contributed by atoms with Crippen molar-refractivity contribution < 1.29 is 9.59 Å². The fourth-order valence-electron chi connectivity index (χ4n) is 1.72. The fraction of sp³-hybridized carbons (Fsp3) is 0.500. The Balaban J connectivity index is 2.75. The summed E-state index contributed by atoms with van der Waals surface area (Å²) in [5.41, 5.74) is 1.31. The predicted molar refractivity (Wildman–Crippen MR) is 73.7 cm³/mol. The van der Waals surface area contributed by atoms with Crippen molar-refractivity contribution in [3.63, 3.8) is 0 Å². The van der Waals surface area contributed by atoms with Gasteiger partial charge in [0.15, 0.2) is 0 Å².